The van der Waals surface area contributed by atoms with Gasteiger partial charge >= 0.3 is 6.09 Å². The molecule has 1 N–H and O–H groups in total. The zero-order chi connectivity index (χ0) is 26.6. The number of Topliss-reactive ketones (excluding diaryl/α,β-unsaturated/α-hetero) is 1. The molecule has 3 rings (SSSR count). The summed E-state index contributed by atoms with van der Waals surface area (Å²) in [6.45, 7) is 13.8. The van der Waals surface area contributed by atoms with Gasteiger partial charge in [0.05, 0.1) is 17.9 Å². The van der Waals surface area contributed by atoms with Crippen LogP contribution in [0.25, 0.3) is 0 Å². The molecule has 1 aliphatic heterocycles. The van der Waals surface area contributed by atoms with Crippen molar-refractivity contribution < 1.29 is 19.1 Å². The van der Waals surface area contributed by atoms with Gasteiger partial charge in [-0.2, -0.15) is 0 Å². The molecule has 2 aromatic rings. The molecule has 7 heteroatoms. The fraction of sp³-hybridized carbons (Fsp3) is 0.414. The van der Waals surface area contributed by atoms with Crippen molar-refractivity contribution in [2.45, 2.75) is 60.1 Å². The van der Waals surface area contributed by atoms with E-state index >= 15 is 0 Å². The van der Waals surface area contributed by atoms with E-state index in [9.17, 15) is 14.4 Å². The third-order valence-electron chi connectivity index (χ3n) is 5.89. The maximum atomic E-state index is 13.9. The van der Waals surface area contributed by atoms with Crippen LogP contribution in [0.2, 0.25) is 0 Å². The Balaban J connectivity index is 2.05. The summed E-state index contributed by atoms with van der Waals surface area (Å²) in [4.78, 5) is 43.5. The zero-order valence-electron chi connectivity index (χ0n) is 22.3. The van der Waals surface area contributed by atoms with Gasteiger partial charge in [-0.25, -0.2) is 4.79 Å². The normalized spacial score (nSPS) is 15.6. The molecule has 0 saturated carbocycles. The van der Waals surface area contributed by atoms with E-state index in [1.165, 1.54) is 4.90 Å². The molecule has 0 aromatic heterocycles. The lowest BCUT2D eigenvalue weighted by Crippen LogP contribution is -2.53. The van der Waals surface area contributed by atoms with Crippen LogP contribution in [0.5, 0.6) is 0 Å². The molecule has 7 nitrogen and oxygen atoms in total. The van der Waals surface area contributed by atoms with Gasteiger partial charge in [0.2, 0.25) is 0 Å². The molecule has 2 amide bonds. The Kier molecular flexibility index (Phi) is 8.23. The number of fused-ring (bicyclic) bond motifs is 1. The summed E-state index contributed by atoms with van der Waals surface area (Å²) in [6, 6.07) is 12.3. The van der Waals surface area contributed by atoms with E-state index in [1.54, 1.807) is 26.8 Å². The van der Waals surface area contributed by atoms with E-state index in [4.69, 9.17) is 4.74 Å². The number of alkyl carbamates (subject to hydrolysis) is 1. The van der Waals surface area contributed by atoms with Gasteiger partial charge in [0.25, 0.3) is 5.91 Å². The second kappa shape index (κ2) is 11.0. The lowest BCUT2D eigenvalue weighted by Gasteiger charge is -2.27. The second-order valence-corrected chi connectivity index (χ2v) is 10.5. The van der Waals surface area contributed by atoms with E-state index in [2.05, 4.69) is 16.3 Å². The van der Waals surface area contributed by atoms with E-state index in [0.717, 1.165) is 22.4 Å². The number of allylic oxidation sites excluding steroid dienone is 1. The number of hydrogen-bond acceptors (Lipinski definition) is 5. The third kappa shape index (κ3) is 6.74. The predicted octanol–water partition coefficient (Wildman–Crippen LogP) is 5.20. The van der Waals surface area contributed by atoms with Gasteiger partial charge in [0.15, 0.2) is 5.78 Å². The molecule has 0 bridgehead atoms. The van der Waals surface area contributed by atoms with E-state index in [-0.39, 0.29) is 24.8 Å². The van der Waals surface area contributed by atoms with Crippen molar-refractivity contribution in [3.05, 3.63) is 70.8 Å². The Labute approximate surface area is 214 Å². The van der Waals surface area contributed by atoms with Crippen LogP contribution in [0.1, 0.15) is 56.1 Å². The second-order valence-electron chi connectivity index (χ2n) is 10.5. The highest BCUT2D eigenvalue weighted by atomic mass is 16.6. The molecule has 0 saturated heterocycles. The van der Waals surface area contributed by atoms with Crippen LogP contribution in [-0.2, 0) is 9.53 Å². The number of nitrogens with zero attached hydrogens (tertiary/aromatic N) is 2. The quantitative estimate of drug-likeness (QED) is 0.444. The van der Waals surface area contributed by atoms with Crippen LogP contribution < -0.4 is 15.1 Å². The highest BCUT2D eigenvalue weighted by Gasteiger charge is 2.36. The molecule has 1 heterocycles. The van der Waals surface area contributed by atoms with Gasteiger partial charge in [-0.15, -0.1) is 0 Å². The molecular formula is C29H37N3O4. The Morgan fingerprint density at radius 1 is 1.08 bits per heavy atom. The van der Waals surface area contributed by atoms with Crippen LogP contribution in [-0.4, -0.2) is 49.1 Å². The maximum Gasteiger partial charge on any atom is 0.408 e. The molecule has 1 unspecified atom stereocenters. The van der Waals surface area contributed by atoms with Crippen LogP contribution in [0.15, 0.2) is 54.1 Å². The number of aryl methyl sites for hydroxylation is 2. The number of ether oxygens (including phenoxy) is 1. The fourth-order valence-corrected chi connectivity index (χ4v) is 4.12. The summed E-state index contributed by atoms with van der Waals surface area (Å²) in [6.07, 6.45) is 1.41. The smallest absolute Gasteiger partial charge is 0.408 e. The number of carbonyl (C=O) groups is 3. The fourth-order valence-electron chi connectivity index (χ4n) is 4.12. The van der Waals surface area contributed by atoms with Gasteiger partial charge in [0, 0.05) is 18.7 Å². The monoisotopic (exact) mass is 491 g/mol. The summed E-state index contributed by atoms with van der Waals surface area (Å²) in [5.74, 6) is -0.517. The number of ketones is 1. The van der Waals surface area contributed by atoms with Crippen molar-refractivity contribution in [1.82, 2.24) is 5.32 Å². The standard InChI is InChI=1S/C29H37N3O4/c1-19(2)14-15-31-17-23(30-28(35)36-29(5,6)7)27(34)32(25-16-20(3)12-13-24(25)31)18-26(33)22-11-9-8-10-21(22)4/h8-14,16,23H,15,17-18H2,1-7H3,(H,30,35). The molecule has 1 aliphatic rings. The Hall–Kier alpha value is -3.61. The molecule has 0 fully saturated rings. The van der Waals surface area contributed by atoms with Gasteiger partial charge in [-0.3, -0.25) is 9.59 Å². The number of anilines is 2. The summed E-state index contributed by atoms with van der Waals surface area (Å²) < 4.78 is 5.44. The number of nitrogens with one attached hydrogen (secondary N) is 1. The SMILES string of the molecule is CC(C)=CCN1CC(NC(=O)OC(C)(C)C)C(=O)N(CC(=O)c2ccccc2C)c2cc(C)ccc21. The lowest BCUT2D eigenvalue weighted by molar-refractivity contribution is -0.120. The minimum absolute atomic E-state index is 0.136. The van der Waals surface area contributed by atoms with Gasteiger partial charge < -0.3 is 19.9 Å². The number of hydrogen-bond donors (Lipinski definition) is 1. The predicted molar refractivity (Wildman–Crippen MR) is 144 cm³/mol. The van der Waals surface area contributed by atoms with Crippen molar-refractivity contribution in [1.29, 1.82) is 0 Å². The summed E-state index contributed by atoms with van der Waals surface area (Å²) in [5.41, 5.74) is 4.30. The van der Waals surface area contributed by atoms with E-state index < -0.39 is 17.7 Å². The van der Waals surface area contributed by atoms with E-state index in [1.807, 2.05) is 64.1 Å². The van der Waals surface area contributed by atoms with Crippen LogP contribution >= 0.6 is 0 Å². The highest BCUT2D eigenvalue weighted by molar-refractivity contribution is 6.10. The number of rotatable bonds is 6. The first-order chi connectivity index (χ1) is 16.9. The minimum atomic E-state index is -0.900. The molecule has 192 valence electrons. The van der Waals surface area contributed by atoms with Crippen LogP contribution in [0.4, 0.5) is 16.2 Å². The molecule has 36 heavy (non-hydrogen) atoms. The minimum Gasteiger partial charge on any atom is -0.444 e. The number of amides is 2. The first kappa shape index (κ1) is 27.0. The van der Waals surface area contributed by atoms with Gasteiger partial charge in [-0.05, 0) is 71.7 Å². The van der Waals surface area contributed by atoms with Crippen LogP contribution in [0, 0.1) is 13.8 Å². The average Bonchev–Trinajstić information content (AvgIpc) is 2.87. The highest BCUT2D eigenvalue weighted by Crippen LogP contribution is 2.34. The molecular weight excluding hydrogens is 454 g/mol. The Morgan fingerprint density at radius 2 is 1.78 bits per heavy atom. The third-order valence-corrected chi connectivity index (χ3v) is 5.89. The zero-order valence-corrected chi connectivity index (χ0v) is 22.3. The Bertz CT molecular complexity index is 1180. The summed E-state index contributed by atoms with van der Waals surface area (Å²) in [7, 11) is 0. The number of benzene rings is 2. The first-order valence-electron chi connectivity index (χ1n) is 12.2. The average molecular weight is 492 g/mol. The van der Waals surface area contributed by atoms with Crippen molar-refractivity contribution >= 4 is 29.2 Å². The number of carbonyl (C=O) groups excluding carboxylic acids is 3. The largest absolute Gasteiger partial charge is 0.444 e. The molecule has 0 spiro atoms. The molecule has 0 aliphatic carbocycles. The van der Waals surface area contributed by atoms with Crippen molar-refractivity contribution in [3.8, 4) is 0 Å². The molecule has 1 atom stereocenters. The van der Waals surface area contributed by atoms with Crippen molar-refractivity contribution in [2.24, 2.45) is 0 Å². The first-order valence-corrected chi connectivity index (χ1v) is 12.2. The summed E-state index contributed by atoms with van der Waals surface area (Å²) >= 11 is 0. The lowest BCUT2D eigenvalue weighted by atomic mass is 10.0. The molecule has 0 radical (unpaired) electrons. The van der Waals surface area contributed by atoms with Crippen molar-refractivity contribution in [2.75, 3.05) is 29.4 Å². The maximum absolute atomic E-state index is 13.9. The van der Waals surface area contributed by atoms with Crippen molar-refractivity contribution in [3.63, 3.8) is 0 Å². The van der Waals surface area contributed by atoms with Gasteiger partial charge in [-0.1, -0.05) is 42.0 Å². The van der Waals surface area contributed by atoms with Gasteiger partial charge in [0.1, 0.15) is 11.6 Å². The van der Waals surface area contributed by atoms with Crippen LogP contribution in [0.3, 0.4) is 0 Å². The summed E-state index contributed by atoms with van der Waals surface area (Å²) in [5, 5.41) is 2.76. The Morgan fingerprint density at radius 3 is 2.42 bits per heavy atom. The topological polar surface area (TPSA) is 79.0 Å². The van der Waals surface area contributed by atoms with E-state index in [0.29, 0.717) is 17.8 Å². The molecule has 2 aromatic carbocycles.